The molecule has 11 heteroatoms. The minimum atomic E-state index is -4.85. The highest BCUT2D eigenvalue weighted by molar-refractivity contribution is 5.95. The average molecular weight is 467 g/mol. The van der Waals surface area contributed by atoms with Crippen molar-refractivity contribution in [3.63, 3.8) is 0 Å². The van der Waals surface area contributed by atoms with E-state index in [-0.39, 0.29) is 53.6 Å². The van der Waals surface area contributed by atoms with Crippen molar-refractivity contribution in [1.82, 2.24) is 15.1 Å². The fraction of sp³-hybridized carbons (Fsp3) is 0.273. The Labute approximate surface area is 186 Å². The lowest BCUT2D eigenvalue weighted by Crippen LogP contribution is -2.24. The summed E-state index contributed by atoms with van der Waals surface area (Å²) in [6, 6.07) is 10.2. The molecule has 0 fully saturated rings. The molecular weight excluding hydrogens is 446 g/mol. The first-order chi connectivity index (χ1) is 15.7. The van der Waals surface area contributed by atoms with E-state index >= 15 is 0 Å². The number of rotatable bonds is 9. The Kier molecular flexibility index (Phi) is 7.54. The third kappa shape index (κ3) is 6.22. The van der Waals surface area contributed by atoms with E-state index in [0.29, 0.717) is 0 Å². The molecule has 0 spiro atoms. The van der Waals surface area contributed by atoms with Crippen LogP contribution in [0, 0.1) is 5.82 Å². The Balaban J connectivity index is 1.79. The lowest BCUT2D eigenvalue weighted by atomic mass is 10.2. The zero-order valence-electron chi connectivity index (χ0n) is 17.8. The number of nitrogens with zero attached hydrogens (tertiary/aromatic N) is 2. The standard InChI is InChI=1S/C22H21F4N3O4/c1-31-13-17-16(21(30)27-10-14-7-5-9-19(32-2)20(14)23)12-29(28-17)11-15-6-3-4-8-18(15)33-22(24,25)26/h3-9,12H,10-11,13H2,1-2H3,(H,27,30). The van der Waals surface area contributed by atoms with Gasteiger partial charge in [0.15, 0.2) is 11.6 Å². The number of alkyl halides is 3. The Morgan fingerprint density at radius 2 is 1.76 bits per heavy atom. The monoisotopic (exact) mass is 467 g/mol. The van der Waals surface area contributed by atoms with Crippen molar-refractivity contribution >= 4 is 5.91 Å². The van der Waals surface area contributed by atoms with Crippen LogP contribution in [0.3, 0.4) is 0 Å². The van der Waals surface area contributed by atoms with E-state index in [1.54, 1.807) is 12.1 Å². The minimum Gasteiger partial charge on any atom is -0.494 e. The molecule has 3 aromatic rings. The molecule has 0 aliphatic carbocycles. The van der Waals surface area contributed by atoms with Crippen LogP contribution in [-0.4, -0.2) is 36.3 Å². The molecule has 0 aliphatic rings. The molecule has 0 aliphatic heterocycles. The number of carbonyl (C=O) groups is 1. The van der Waals surface area contributed by atoms with E-state index in [1.165, 1.54) is 55.4 Å². The van der Waals surface area contributed by atoms with Crippen LogP contribution in [0.5, 0.6) is 11.5 Å². The third-order valence-electron chi connectivity index (χ3n) is 4.60. The molecule has 3 rings (SSSR count). The Hall–Kier alpha value is -3.60. The summed E-state index contributed by atoms with van der Waals surface area (Å²) in [6.45, 7) is -0.202. The molecule has 0 saturated carbocycles. The summed E-state index contributed by atoms with van der Waals surface area (Å²) >= 11 is 0. The predicted molar refractivity (Wildman–Crippen MR) is 109 cm³/mol. The van der Waals surface area contributed by atoms with E-state index in [0.717, 1.165) is 0 Å². The zero-order chi connectivity index (χ0) is 24.0. The molecule has 0 atom stereocenters. The first-order valence-electron chi connectivity index (χ1n) is 9.70. The summed E-state index contributed by atoms with van der Waals surface area (Å²) < 4.78 is 67.8. The number of hydrogen-bond acceptors (Lipinski definition) is 5. The van der Waals surface area contributed by atoms with Crippen molar-refractivity contribution in [2.24, 2.45) is 0 Å². The average Bonchev–Trinajstić information content (AvgIpc) is 3.16. The molecule has 1 heterocycles. The van der Waals surface area contributed by atoms with E-state index in [4.69, 9.17) is 9.47 Å². The second-order valence-corrected chi connectivity index (χ2v) is 6.89. The normalized spacial score (nSPS) is 11.3. The van der Waals surface area contributed by atoms with Crippen LogP contribution >= 0.6 is 0 Å². The fourth-order valence-corrected chi connectivity index (χ4v) is 3.13. The second-order valence-electron chi connectivity index (χ2n) is 6.89. The lowest BCUT2D eigenvalue weighted by Gasteiger charge is -2.13. The van der Waals surface area contributed by atoms with Gasteiger partial charge < -0.3 is 19.5 Å². The van der Waals surface area contributed by atoms with Crippen LogP contribution in [-0.2, 0) is 24.4 Å². The van der Waals surface area contributed by atoms with Crippen LogP contribution < -0.4 is 14.8 Å². The van der Waals surface area contributed by atoms with E-state index < -0.39 is 18.1 Å². The number of methoxy groups -OCH3 is 2. The van der Waals surface area contributed by atoms with Gasteiger partial charge in [0.2, 0.25) is 0 Å². The maximum Gasteiger partial charge on any atom is 0.573 e. The Bertz CT molecular complexity index is 1120. The molecule has 176 valence electrons. The largest absolute Gasteiger partial charge is 0.573 e. The van der Waals surface area contributed by atoms with Gasteiger partial charge in [-0.3, -0.25) is 9.48 Å². The Morgan fingerprint density at radius 1 is 1.06 bits per heavy atom. The van der Waals surface area contributed by atoms with Gasteiger partial charge in [-0.2, -0.15) is 5.10 Å². The molecular formula is C22H21F4N3O4. The summed E-state index contributed by atoms with van der Waals surface area (Å²) in [6.07, 6.45) is -3.46. The van der Waals surface area contributed by atoms with E-state index in [2.05, 4.69) is 15.2 Å². The predicted octanol–water partition coefficient (Wildman–Crippen LogP) is 4.05. The van der Waals surface area contributed by atoms with Gasteiger partial charge in [0, 0.05) is 31.0 Å². The second kappa shape index (κ2) is 10.3. The van der Waals surface area contributed by atoms with Crippen molar-refractivity contribution in [3.05, 3.63) is 76.9 Å². The van der Waals surface area contributed by atoms with Gasteiger partial charge in [-0.25, -0.2) is 4.39 Å². The number of halogens is 4. The summed E-state index contributed by atoms with van der Waals surface area (Å²) in [5, 5.41) is 6.86. The van der Waals surface area contributed by atoms with Crippen molar-refractivity contribution < 1.29 is 36.6 Å². The van der Waals surface area contributed by atoms with Crippen molar-refractivity contribution in [2.45, 2.75) is 26.1 Å². The highest BCUT2D eigenvalue weighted by atomic mass is 19.4. The van der Waals surface area contributed by atoms with Crippen LogP contribution in [0.2, 0.25) is 0 Å². The van der Waals surface area contributed by atoms with Gasteiger partial charge >= 0.3 is 6.36 Å². The molecule has 1 N–H and O–H groups in total. The van der Waals surface area contributed by atoms with Crippen LogP contribution in [0.1, 0.15) is 27.2 Å². The van der Waals surface area contributed by atoms with Crippen molar-refractivity contribution in [2.75, 3.05) is 14.2 Å². The summed E-state index contributed by atoms with van der Waals surface area (Å²) in [5.74, 6) is -1.45. The summed E-state index contributed by atoms with van der Waals surface area (Å²) in [5.41, 5.74) is 0.859. The van der Waals surface area contributed by atoms with Crippen molar-refractivity contribution in [1.29, 1.82) is 0 Å². The number of para-hydroxylation sites is 1. The fourth-order valence-electron chi connectivity index (χ4n) is 3.13. The number of hydrogen-bond donors (Lipinski definition) is 1. The van der Waals surface area contributed by atoms with Crippen LogP contribution in [0.4, 0.5) is 17.6 Å². The van der Waals surface area contributed by atoms with Gasteiger partial charge in [-0.05, 0) is 12.1 Å². The van der Waals surface area contributed by atoms with E-state index in [1.807, 2.05) is 0 Å². The molecule has 1 aromatic heterocycles. The molecule has 1 amide bonds. The number of ether oxygens (including phenoxy) is 3. The van der Waals surface area contributed by atoms with E-state index in [9.17, 15) is 22.4 Å². The molecule has 0 bridgehead atoms. The number of aromatic nitrogens is 2. The number of nitrogens with one attached hydrogen (secondary N) is 1. The zero-order valence-corrected chi connectivity index (χ0v) is 17.8. The third-order valence-corrected chi connectivity index (χ3v) is 4.60. The number of amides is 1. The molecule has 33 heavy (non-hydrogen) atoms. The van der Waals surface area contributed by atoms with Gasteiger partial charge in [-0.1, -0.05) is 30.3 Å². The molecule has 7 nitrogen and oxygen atoms in total. The van der Waals surface area contributed by atoms with Crippen LogP contribution in [0.15, 0.2) is 48.7 Å². The Morgan fingerprint density at radius 3 is 2.45 bits per heavy atom. The lowest BCUT2D eigenvalue weighted by molar-refractivity contribution is -0.274. The molecule has 0 saturated heterocycles. The highest BCUT2D eigenvalue weighted by Crippen LogP contribution is 2.27. The quantitative estimate of drug-likeness (QED) is 0.481. The number of benzene rings is 2. The van der Waals surface area contributed by atoms with Gasteiger partial charge in [0.1, 0.15) is 11.4 Å². The number of carbonyl (C=O) groups excluding carboxylic acids is 1. The summed E-state index contributed by atoms with van der Waals surface area (Å²) in [4.78, 5) is 12.8. The molecule has 2 aromatic carbocycles. The van der Waals surface area contributed by atoms with Gasteiger partial charge in [0.05, 0.1) is 25.8 Å². The first-order valence-corrected chi connectivity index (χ1v) is 9.70. The van der Waals surface area contributed by atoms with Crippen LogP contribution in [0.25, 0.3) is 0 Å². The summed E-state index contributed by atoms with van der Waals surface area (Å²) in [7, 11) is 2.75. The smallest absolute Gasteiger partial charge is 0.494 e. The van der Waals surface area contributed by atoms with Gasteiger partial charge in [-0.15, -0.1) is 13.2 Å². The maximum atomic E-state index is 14.3. The molecule has 0 unspecified atom stereocenters. The topological polar surface area (TPSA) is 74.6 Å². The highest BCUT2D eigenvalue weighted by Gasteiger charge is 2.32. The minimum absolute atomic E-state index is 0.00995. The maximum absolute atomic E-state index is 14.3. The van der Waals surface area contributed by atoms with Crippen molar-refractivity contribution in [3.8, 4) is 11.5 Å². The first kappa shape index (κ1) is 24.1. The SMILES string of the molecule is COCc1nn(Cc2ccccc2OC(F)(F)F)cc1C(=O)NCc1cccc(OC)c1F. The molecule has 0 radical (unpaired) electrons. The van der Waals surface area contributed by atoms with Gasteiger partial charge in [0.25, 0.3) is 5.91 Å².